The van der Waals surface area contributed by atoms with Crippen LogP contribution < -0.4 is 0 Å². The molecular weight excluding hydrogens is 289 g/mol. The van der Waals surface area contributed by atoms with E-state index in [9.17, 15) is 0 Å². The number of halogens is 2. The third-order valence-electron chi connectivity index (χ3n) is 2.37. The van der Waals surface area contributed by atoms with Crippen molar-refractivity contribution in [3.05, 3.63) is 46.7 Å². The molecule has 0 aliphatic carbocycles. The van der Waals surface area contributed by atoms with Crippen molar-refractivity contribution in [3.63, 3.8) is 0 Å². The SMILES string of the molecule is Clc1cccc(Sc2cnc3[nH]ccc3n2)c1Cl. The number of nitrogens with zero attached hydrogens (tertiary/aromatic N) is 2. The first kappa shape index (κ1) is 11.8. The maximum atomic E-state index is 6.13. The van der Waals surface area contributed by atoms with Crippen LogP contribution in [0.3, 0.4) is 0 Å². The molecule has 0 saturated carbocycles. The van der Waals surface area contributed by atoms with E-state index in [2.05, 4.69) is 15.0 Å². The molecule has 0 atom stereocenters. The molecule has 0 bridgehead atoms. The molecule has 1 aromatic carbocycles. The molecule has 3 rings (SSSR count). The van der Waals surface area contributed by atoms with E-state index < -0.39 is 0 Å². The van der Waals surface area contributed by atoms with Crippen LogP contribution >= 0.6 is 35.0 Å². The Morgan fingerprint density at radius 2 is 2.06 bits per heavy atom. The van der Waals surface area contributed by atoms with Crippen LogP contribution in [0.25, 0.3) is 11.2 Å². The second-order valence-electron chi connectivity index (χ2n) is 3.57. The van der Waals surface area contributed by atoms with Gasteiger partial charge >= 0.3 is 0 Å². The van der Waals surface area contributed by atoms with Crippen LogP contribution in [0.15, 0.2) is 46.6 Å². The molecule has 1 N–H and O–H groups in total. The Morgan fingerprint density at radius 3 is 2.94 bits per heavy atom. The van der Waals surface area contributed by atoms with E-state index in [1.165, 1.54) is 11.8 Å². The molecule has 0 aliphatic heterocycles. The Kier molecular flexibility index (Phi) is 3.16. The van der Waals surface area contributed by atoms with Gasteiger partial charge in [-0.25, -0.2) is 9.97 Å². The number of benzene rings is 1. The average Bonchev–Trinajstić information content (AvgIpc) is 2.82. The van der Waals surface area contributed by atoms with Crippen LogP contribution in [0, 0.1) is 0 Å². The number of H-pyrrole nitrogens is 1. The van der Waals surface area contributed by atoms with Gasteiger partial charge in [-0.2, -0.15) is 0 Å². The summed E-state index contributed by atoms with van der Waals surface area (Å²) in [6.07, 6.45) is 3.52. The molecule has 0 fully saturated rings. The maximum absolute atomic E-state index is 6.13. The van der Waals surface area contributed by atoms with Gasteiger partial charge in [0.1, 0.15) is 10.5 Å². The predicted molar refractivity (Wildman–Crippen MR) is 74.5 cm³/mol. The second-order valence-corrected chi connectivity index (χ2v) is 5.42. The smallest absolute Gasteiger partial charge is 0.156 e. The van der Waals surface area contributed by atoms with Crippen molar-refractivity contribution in [2.45, 2.75) is 9.92 Å². The summed E-state index contributed by atoms with van der Waals surface area (Å²) in [7, 11) is 0. The highest BCUT2D eigenvalue weighted by Gasteiger charge is 2.08. The molecule has 18 heavy (non-hydrogen) atoms. The highest BCUT2D eigenvalue weighted by molar-refractivity contribution is 7.99. The molecule has 3 nitrogen and oxygen atoms in total. The minimum atomic E-state index is 0.539. The molecule has 90 valence electrons. The number of hydrogen-bond acceptors (Lipinski definition) is 3. The van der Waals surface area contributed by atoms with Gasteiger partial charge in [-0.15, -0.1) is 0 Å². The van der Waals surface area contributed by atoms with Gasteiger partial charge in [-0.1, -0.05) is 41.0 Å². The summed E-state index contributed by atoms with van der Waals surface area (Å²) >= 11 is 13.5. The first-order chi connectivity index (χ1) is 8.74. The van der Waals surface area contributed by atoms with Gasteiger partial charge in [-0.05, 0) is 18.2 Å². The predicted octanol–water partition coefficient (Wildman–Crippen LogP) is 4.42. The number of nitrogens with one attached hydrogen (secondary N) is 1. The summed E-state index contributed by atoms with van der Waals surface area (Å²) in [5.74, 6) is 0. The fourth-order valence-electron chi connectivity index (χ4n) is 1.54. The zero-order chi connectivity index (χ0) is 12.5. The van der Waals surface area contributed by atoms with Crippen molar-refractivity contribution >= 4 is 46.1 Å². The summed E-state index contributed by atoms with van der Waals surface area (Å²) in [6.45, 7) is 0. The van der Waals surface area contributed by atoms with Gasteiger partial charge in [0.05, 0.1) is 16.2 Å². The number of aromatic amines is 1. The molecule has 2 aromatic heterocycles. The van der Waals surface area contributed by atoms with Crippen LogP contribution in [-0.2, 0) is 0 Å². The Morgan fingerprint density at radius 1 is 1.17 bits per heavy atom. The fraction of sp³-hybridized carbons (Fsp3) is 0. The lowest BCUT2D eigenvalue weighted by molar-refractivity contribution is 1.11. The minimum Gasteiger partial charge on any atom is -0.345 e. The fourth-order valence-corrected chi connectivity index (χ4v) is 2.83. The van der Waals surface area contributed by atoms with Crippen LogP contribution in [0.1, 0.15) is 0 Å². The van der Waals surface area contributed by atoms with E-state index in [1.807, 2.05) is 24.4 Å². The van der Waals surface area contributed by atoms with Gasteiger partial charge in [-0.3, -0.25) is 0 Å². The number of hydrogen-bond donors (Lipinski definition) is 1. The van der Waals surface area contributed by atoms with Crippen molar-refractivity contribution in [1.82, 2.24) is 15.0 Å². The molecule has 0 radical (unpaired) electrons. The number of aromatic nitrogens is 3. The van der Waals surface area contributed by atoms with Gasteiger partial charge in [0.25, 0.3) is 0 Å². The van der Waals surface area contributed by atoms with Crippen molar-refractivity contribution in [2.24, 2.45) is 0 Å². The molecule has 0 saturated heterocycles. The van der Waals surface area contributed by atoms with Gasteiger partial charge < -0.3 is 4.98 Å². The molecule has 0 aliphatic rings. The number of fused-ring (bicyclic) bond motifs is 1. The van der Waals surface area contributed by atoms with E-state index >= 15 is 0 Å². The zero-order valence-electron chi connectivity index (χ0n) is 9.02. The molecule has 0 amide bonds. The molecular formula is C12H7Cl2N3S. The van der Waals surface area contributed by atoms with Gasteiger partial charge in [0.15, 0.2) is 5.65 Å². The Labute approximate surface area is 118 Å². The molecule has 0 spiro atoms. The first-order valence-electron chi connectivity index (χ1n) is 5.16. The van der Waals surface area contributed by atoms with Crippen molar-refractivity contribution in [3.8, 4) is 0 Å². The Balaban J connectivity index is 1.98. The summed E-state index contributed by atoms with van der Waals surface area (Å²) in [6, 6.07) is 7.40. The largest absolute Gasteiger partial charge is 0.345 e. The van der Waals surface area contributed by atoms with Crippen LogP contribution in [0.4, 0.5) is 0 Å². The van der Waals surface area contributed by atoms with Crippen LogP contribution in [-0.4, -0.2) is 15.0 Å². The summed E-state index contributed by atoms with van der Waals surface area (Å²) in [5.41, 5.74) is 1.61. The van der Waals surface area contributed by atoms with E-state index in [0.29, 0.717) is 10.0 Å². The standard InChI is InChI=1S/C12H7Cl2N3S/c13-7-2-1-3-9(11(7)14)18-10-6-16-12-8(17-10)4-5-15-12/h1-6H,(H,15,16). The zero-order valence-corrected chi connectivity index (χ0v) is 11.4. The lowest BCUT2D eigenvalue weighted by Gasteiger charge is -2.04. The highest BCUT2D eigenvalue weighted by atomic mass is 35.5. The quantitative estimate of drug-likeness (QED) is 0.761. The van der Waals surface area contributed by atoms with Gasteiger partial charge in [0.2, 0.25) is 0 Å². The molecule has 3 aromatic rings. The monoisotopic (exact) mass is 295 g/mol. The maximum Gasteiger partial charge on any atom is 0.156 e. The third-order valence-corrected chi connectivity index (χ3v) is 4.27. The van der Waals surface area contributed by atoms with E-state index in [4.69, 9.17) is 23.2 Å². The van der Waals surface area contributed by atoms with E-state index in [1.54, 1.807) is 12.3 Å². The lowest BCUT2D eigenvalue weighted by Crippen LogP contribution is -1.85. The highest BCUT2D eigenvalue weighted by Crippen LogP contribution is 2.36. The van der Waals surface area contributed by atoms with Gasteiger partial charge in [0, 0.05) is 11.1 Å². The third kappa shape index (κ3) is 2.19. The minimum absolute atomic E-state index is 0.539. The van der Waals surface area contributed by atoms with E-state index in [-0.39, 0.29) is 0 Å². The molecule has 6 heteroatoms. The topological polar surface area (TPSA) is 41.6 Å². The van der Waals surface area contributed by atoms with Crippen LogP contribution in [0.5, 0.6) is 0 Å². The van der Waals surface area contributed by atoms with Crippen molar-refractivity contribution in [1.29, 1.82) is 0 Å². The lowest BCUT2D eigenvalue weighted by atomic mass is 10.4. The van der Waals surface area contributed by atoms with Crippen molar-refractivity contribution in [2.75, 3.05) is 0 Å². The molecule has 0 unspecified atom stereocenters. The average molecular weight is 296 g/mol. The Hall–Kier alpha value is -1.23. The molecule has 2 heterocycles. The number of rotatable bonds is 2. The summed E-state index contributed by atoms with van der Waals surface area (Å²) < 4.78 is 0. The first-order valence-corrected chi connectivity index (χ1v) is 6.73. The van der Waals surface area contributed by atoms with Crippen molar-refractivity contribution < 1.29 is 0 Å². The summed E-state index contributed by atoms with van der Waals surface area (Å²) in [5, 5.41) is 1.86. The second kappa shape index (κ2) is 4.80. The summed E-state index contributed by atoms with van der Waals surface area (Å²) in [4.78, 5) is 12.6. The van der Waals surface area contributed by atoms with E-state index in [0.717, 1.165) is 21.1 Å². The normalized spacial score (nSPS) is 11.0. The Bertz CT molecular complexity index is 711. The van der Waals surface area contributed by atoms with Crippen LogP contribution in [0.2, 0.25) is 10.0 Å².